The molecule has 152 valence electrons. The number of aromatic amines is 2. The molecule has 1 saturated heterocycles. The highest BCUT2D eigenvalue weighted by atomic mass is 15.1. The molecule has 0 radical (unpaired) electrons. The maximum Gasteiger partial charge on any atom is 0.159 e. The molecule has 1 aliphatic heterocycles. The summed E-state index contributed by atoms with van der Waals surface area (Å²) in [4.78, 5) is 19.5. The van der Waals surface area contributed by atoms with Crippen LogP contribution in [0.1, 0.15) is 30.0 Å². The first-order chi connectivity index (χ1) is 14.6. The number of pyridine rings is 2. The molecule has 1 fully saturated rings. The predicted octanol–water partition coefficient (Wildman–Crippen LogP) is 2.66. The summed E-state index contributed by atoms with van der Waals surface area (Å²) in [5.41, 5.74) is 5.97. The number of rotatable bonds is 4. The molecule has 5 heterocycles. The summed E-state index contributed by atoms with van der Waals surface area (Å²) in [7, 11) is 2.17. The quantitative estimate of drug-likeness (QED) is 0.274. The molecule has 1 aliphatic rings. The lowest BCUT2D eigenvalue weighted by molar-refractivity contribution is 0.256. The van der Waals surface area contributed by atoms with E-state index in [-0.39, 0.29) is 0 Å². The summed E-state index contributed by atoms with van der Waals surface area (Å²) in [5.74, 6) is 6.42. The van der Waals surface area contributed by atoms with Gasteiger partial charge in [-0.05, 0) is 45.0 Å². The number of nitrogens with two attached hydrogens (primary N) is 1. The number of H-pyrrole nitrogens is 2. The standard InChI is InChI=1S/C21H23N9/c1-12(8-25-22)16-7-14-17(11-24-16)28-29-20(14)21-26-18-10-23-9-15(19(18)27-21)13-3-5-30(2)6-4-13/h7-11,13H,1,3-6,22H2,2H3,(H,26,27)(H,28,29)/b25-8-. The first-order valence-electron chi connectivity index (χ1n) is 9.93. The number of imidazole rings is 1. The first-order valence-corrected chi connectivity index (χ1v) is 9.93. The molecule has 0 aromatic carbocycles. The van der Waals surface area contributed by atoms with Gasteiger partial charge in [-0.1, -0.05) is 6.58 Å². The topological polar surface area (TPSA) is 125 Å². The van der Waals surface area contributed by atoms with Crippen molar-refractivity contribution >= 4 is 33.7 Å². The third-order valence-electron chi connectivity index (χ3n) is 5.81. The maximum absolute atomic E-state index is 5.25. The van der Waals surface area contributed by atoms with Crippen molar-refractivity contribution in [2.75, 3.05) is 20.1 Å². The van der Waals surface area contributed by atoms with Crippen molar-refractivity contribution in [3.63, 3.8) is 0 Å². The molecule has 0 aliphatic carbocycles. The first kappa shape index (κ1) is 18.4. The van der Waals surface area contributed by atoms with E-state index < -0.39 is 0 Å². The van der Waals surface area contributed by atoms with Crippen LogP contribution in [0.4, 0.5) is 0 Å². The second-order valence-corrected chi connectivity index (χ2v) is 7.78. The normalized spacial score (nSPS) is 16.2. The van der Waals surface area contributed by atoms with Crippen molar-refractivity contribution in [3.8, 4) is 11.5 Å². The van der Waals surface area contributed by atoms with Crippen molar-refractivity contribution < 1.29 is 0 Å². The Labute approximate surface area is 173 Å². The highest BCUT2D eigenvalue weighted by Gasteiger charge is 2.23. The lowest BCUT2D eigenvalue weighted by atomic mass is 9.90. The molecule has 0 saturated carbocycles. The summed E-state index contributed by atoms with van der Waals surface area (Å²) in [6.07, 6.45) is 9.23. The number of hydrogen-bond donors (Lipinski definition) is 3. The van der Waals surface area contributed by atoms with Gasteiger partial charge < -0.3 is 15.7 Å². The largest absolute Gasteiger partial charge is 0.335 e. The van der Waals surface area contributed by atoms with Crippen LogP contribution in [0.15, 0.2) is 36.3 Å². The van der Waals surface area contributed by atoms with E-state index in [1.54, 1.807) is 6.20 Å². The van der Waals surface area contributed by atoms with Crippen LogP contribution in [-0.2, 0) is 0 Å². The molecule has 9 heteroatoms. The van der Waals surface area contributed by atoms with E-state index in [9.17, 15) is 0 Å². The third-order valence-corrected chi connectivity index (χ3v) is 5.81. The Balaban J connectivity index is 1.58. The van der Waals surface area contributed by atoms with E-state index in [1.807, 2.05) is 18.5 Å². The second-order valence-electron chi connectivity index (χ2n) is 7.78. The van der Waals surface area contributed by atoms with Crippen molar-refractivity contribution in [1.82, 2.24) is 35.0 Å². The van der Waals surface area contributed by atoms with Crippen molar-refractivity contribution in [1.29, 1.82) is 0 Å². The summed E-state index contributed by atoms with van der Waals surface area (Å²) >= 11 is 0. The molecule has 4 aromatic heterocycles. The minimum Gasteiger partial charge on any atom is -0.335 e. The van der Waals surface area contributed by atoms with Crippen molar-refractivity contribution in [2.45, 2.75) is 18.8 Å². The fourth-order valence-electron chi connectivity index (χ4n) is 4.11. The number of hydrazone groups is 1. The van der Waals surface area contributed by atoms with Crippen LogP contribution < -0.4 is 5.84 Å². The zero-order valence-corrected chi connectivity index (χ0v) is 16.8. The van der Waals surface area contributed by atoms with Crippen LogP contribution in [0.2, 0.25) is 0 Å². The molecule has 30 heavy (non-hydrogen) atoms. The average molecular weight is 401 g/mol. The Morgan fingerprint density at radius 3 is 2.90 bits per heavy atom. The van der Waals surface area contributed by atoms with E-state index >= 15 is 0 Å². The van der Waals surface area contributed by atoms with Crippen LogP contribution >= 0.6 is 0 Å². The summed E-state index contributed by atoms with van der Waals surface area (Å²) < 4.78 is 0. The van der Waals surface area contributed by atoms with Crippen LogP contribution in [0.3, 0.4) is 0 Å². The Morgan fingerprint density at radius 2 is 2.10 bits per heavy atom. The van der Waals surface area contributed by atoms with Gasteiger partial charge in [0, 0.05) is 22.7 Å². The number of aromatic nitrogens is 6. The molecule has 0 atom stereocenters. The van der Waals surface area contributed by atoms with Crippen LogP contribution in [0.5, 0.6) is 0 Å². The molecule has 0 amide bonds. The number of hydrogen-bond acceptors (Lipinski definition) is 7. The number of likely N-dealkylation sites (tertiary alicyclic amines) is 1. The van der Waals surface area contributed by atoms with Gasteiger partial charge in [0.05, 0.1) is 40.9 Å². The lowest BCUT2D eigenvalue weighted by Crippen LogP contribution is -2.29. The summed E-state index contributed by atoms with van der Waals surface area (Å²) in [5, 5.41) is 11.9. The van der Waals surface area contributed by atoms with Crippen molar-refractivity contribution in [2.24, 2.45) is 10.9 Å². The van der Waals surface area contributed by atoms with Crippen LogP contribution in [0.25, 0.3) is 39.0 Å². The molecule has 5 rings (SSSR count). The van der Waals surface area contributed by atoms with Gasteiger partial charge in [-0.2, -0.15) is 10.2 Å². The highest BCUT2D eigenvalue weighted by molar-refractivity contribution is 6.09. The second kappa shape index (κ2) is 7.34. The predicted molar refractivity (Wildman–Crippen MR) is 118 cm³/mol. The molecule has 4 aromatic rings. The Bertz CT molecular complexity index is 1260. The Hall–Kier alpha value is -3.59. The molecular formula is C21H23N9. The van der Waals surface area contributed by atoms with E-state index in [4.69, 9.17) is 10.8 Å². The highest BCUT2D eigenvalue weighted by Crippen LogP contribution is 2.33. The molecule has 0 unspecified atom stereocenters. The van der Waals surface area contributed by atoms with E-state index in [2.05, 4.69) is 48.8 Å². The zero-order valence-electron chi connectivity index (χ0n) is 16.8. The number of allylic oxidation sites excluding steroid dienone is 1. The van der Waals surface area contributed by atoms with Gasteiger partial charge in [-0.3, -0.25) is 15.1 Å². The van der Waals surface area contributed by atoms with Crippen molar-refractivity contribution in [3.05, 3.63) is 42.5 Å². The summed E-state index contributed by atoms with van der Waals surface area (Å²) in [6, 6.07) is 1.92. The maximum atomic E-state index is 5.25. The minimum atomic E-state index is 0.471. The number of nitrogens with one attached hydrogen (secondary N) is 2. The van der Waals surface area contributed by atoms with Gasteiger partial charge in [0.25, 0.3) is 0 Å². The van der Waals surface area contributed by atoms with Crippen LogP contribution in [0, 0.1) is 0 Å². The molecule has 4 N–H and O–H groups in total. The minimum absolute atomic E-state index is 0.471. The monoisotopic (exact) mass is 401 g/mol. The molecular weight excluding hydrogens is 378 g/mol. The lowest BCUT2D eigenvalue weighted by Gasteiger charge is -2.29. The van der Waals surface area contributed by atoms with E-state index in [0.717, 1.165) is 53.6 Å². The third kappa shape index (κ3) is 3.13. The van der Waals surface area contributed by atoms with Gasteiger partial charge in [-0.15, -0.1) is 0 Å². The van der Waals surface area contributed by atoms with E-state index in [1.165, 1.54) is 11.8 Å². The SMILES string of the molecule is C=C(/C=N\N)c1cc2c(-c3nc4c(C5CCN(C)CC5)cncc4[nH]3)n[nH]c2cn1. The number of fused-ring (bicyclic) bond motifs is 2. The van der Waals surface area contributed by atoms with Crippen LogP contribution in [-0.4, -0.2) is 61.4 Å². The van der Waals surface area contributed by atoms with Gasteiger partial charge >= 0.3 is 0 Å². The Kier molecular flexibility index (Phi) is 4.51. The molecule has 9 nitrogen and oxygen atoms in total. The zero-order chi connectivity index (χ0) is 20.7. The average Bonchev–Trinajstić information content (AvgIpc) is 3.37. The smallest absolute Gasteiger partial charge is 0.159 e. The molecule has 0 bridgehead atoms. The number of piperidine rings is 1. The fraction of sp³-hybridized carbons (Fsp3) is 0.286. The van der Waals surface area contributed by atoms with E-state index in [0.29, 0.717) is 23.0 Å². The van der Waals surface area contributed by atoms with Gasteiger partial charge in [0.1, 0.15) is 5.69 Å². The molecule has 0 spiro atoms. The number of nitrogens with zero attached hydrogens (tertiary/aromatic N) is 6. The van der Waals surface area contributed by atoms with Gasteiger partial charge in [0.15, 0.2) is 5.82 Å². The Morgan fingerprint density at radius 1 is 1.27 bits per heavy atom. The summed E-state index contributed by atoms with van der Waals surface area (Å²) in [6.45, 7) is 6.14. The fourth-order valence-corrected chi connectivity index (χ4v) is 4.11. The van der Waals surface area contributed by atoms with Gasteiger partial charge in [-0.25, -0.2) is 4.98 Å². The van der Waals surface area contributed by atoms with Gasteiger partial charge in [0.2, 0.25) is 0 Å².